The Morgan fingerprint density at radius 3 is 2.45 bits per heavy atom. The number of rotatable bonds is 5. The van der Waals surface area contributed by atoms with Gasteiger partial charge in [-0.25, -0.2) is 0 Å². The number of amides is 1. The molecule has 1 aliphatic heterocycles. The van der Waals surface area contributed by atoms with Crippen molar-refractivity contribution in [2.45, 2.75) is 26.4 Å². The molecule has 3 aromatic rings. The number of aryl methyl sites for hydroxylation is 1. The van der Waals surface area contributed by atoms with E-state index >= 15 is 0 Å². The average Bonchev–Trinajstić information content (AvgIpc) is 3.21. The van der Waals surface area contributed by atoms with Crippen LogP contribution in [0.1, 0.15) is 16.7 Å². The lowest BCUT2D eigenvalue weighted by atomic mass is 9.98. The maximum atomic E-state index is 12.8. The number of fused-ring (bicyclic) bond motifs is 1. The van der Waals surface area contributed by atoms with Crippen LogP contribution < -0.4 is 9.47 Å². The second kappa shape index (κ2) is 7.90. The summed E-state index contributed by atoms with van der Waals surface area (Å²) in [6, 6.07) is 11.8. The van der Waals surface area contributed by atoms with Crippen LogP contribution in [0, 0.1) is 6.92 Å². The molecule has 8 heteroatoms. The summed E-state index contributed by atoms with van der Waals surface area (Å²) in [5, 5.41) is 12.5. The van der Waals surface area contributed by atoms with Gasteiger partial charge in [-0.1, -0.05) is 29.8 Å². The number of ether oxygens (including phenoxy) is 2. The highest BCUT2D eigenvalue weighted by molar-refractivity contribution is 5.76. The fourth-order valence-corrected chi connectivity index (χ4v) is 3.45. The molecule has 0 fully saturated rings. The Balaban J connectivity index is 1.45. The molecule has 0 bridgehead atoms. The Morgan fingerprint density at radius 1 is 1.07 bits per heavy atom. The molecule has 0 radical (unpaired) electrons. The number of aromatic nitrogens is 4. The fourth-order valence-electron chi connectivity index (χ4n) is 3.45. The molecule has 2 aromatic carbocycles. The number of benzene rings is 2. The SMILES string of the molecule is COc1cc2c(cc1OC)CN(C(=O)Cn1nnc(-c3ccc(C)cc3)n1)CC2. The van der Waals surface area contributed by atoms with Crippen LogP contribution in [-0.4, -0.2) is 51.8 Å². The van der Waals surface area contributed by atoms with Crippen molar-refractivity contribution in [1.29, 1.82) is 0 Å². The van der Waals surface area contributed by atoms with Crippen molar-refractivity contribution in [3.05, 3.63) is 53.1 Å². The topological polar surface area (TPSA) is 82.4 Å². The lowest BCUT2D eigenvalue weighted by Gasteiger charge is -2.29. The molecule has 0 atom stereocenters. The van der Waals surface area contributed by atoms with Gasteiger partial charge in [-0.15, -0.1) is 10.2 Å². The molecular formula is C21H23N5O3. The third kappa shape index (κ3) is 3.91. The number of carbonyl (C=O) groups is 1. The van der Waals surface area contributed by atoms with E-state index in [1.807, 2.05) is 48.2 Å². The second-order valence-electron chi connectivity index (χ2n) is 7.05. The predicted octanol–water partition coefficient (Wildman–Crippen LogP) is 2.25. The molecule has 150 valence electrons. The van der Waals surface area contributed by atoms with Crippen LogP contribution >= 0.6 is 0 Å². The minimum absolute atomic E-state index is 0.0432. The molecule has 1 aliphatic rings. The van der Waals surface area contributed by atoms with E-state index in [1.165, 1.54) is 10.4 Å². The fraction of sp³-hybridized carbons (Fsp3) is 0.333. The zero-order valence-electron chi connectivity index (χ0n) is 16.8. The first-order valence-corrected chi connectivity index (χ1v) is 9.44. The quantitative estimate of drug-likeness (QED) is 0.661. The van der Waals surface area contributed by atoms with Gasteiger partial charge in [0.05, 0.1) is 14.2 Å². The van der Waals surface area contributed by atoms with Gasteiger partial charge < -0.3 is 14.4 Å². The number of tetrazole rings is 1. The molecule has 2 heterocycles. The predicted molar refractivity (Wildman–Crippen MR) is 107 cm³/mol. The normalized spacial score (nSPS) is 13.1. The van der Waals surface area contributed by atoms with Crippen LogP contribution in [0.15, 0.2) is 36.4 Å². The zero-order valence-corrected chi connectivity index (χ0v) is 16.8. The summed E-state index contributed by atoms with van der Waals surface area (Å²) in [6.07, 6.45) is 0.765. The van der Waals surface area contributed by atoms with Crippen molar-refractivity contribution in [3.8, 4) is 22.9 Å². The van der Waals surface area contributed by atoms with Gasteiger partial charge in [0.25, 0.3) is 0 Å². The summed E-state index contributed by atoms with van der Waals surface area (Å²) >= 11 is 0. The molecule has 1 amide bonds. The summed E-state index contributed by atoms with van der Waals surface area (Å²) in [6.45, 7) is 3.24. The Hall–Kier alpha value is -3.42. The van der Waals surface area contributed by atoms with Gasteiger partial charge in [0.15, 0.2) is 11.5 Å². The van der Waals surface area contributed by atoms with Crippen LogP contribution in [0.5, 0.6) is 11.5 Å². The third-order valence-corrected chi connectivity index (χ3v) is 5.11. The van der Waals surface area contributed by atoms with E-state index in [9.17, 15) is 4.79 Å². The van der Waals surface area contributed by atoms with Crippen molar-refractivity contribution in [1.82, 2.24) is 25.1 Å². The highest BCUT2D eigenvalue weighted by atomic mass is 16.5. The van der Waals surface area contributed by atoms with Crippen LogP contribution in [0.2, 0.25) is 0 Å². The van der Waals surface area contributed by atoms with Crippen LogP contribution in [0.3, 0.4) is 0 Å². The largest absolute Gasteiger partial charge is 0.493 e. The van der Waals surface area contributed by atoms with E-state index in [1.54, 1.807) is 14.2 Å². The molecule has 1 aromatic heterocycles. The molecule has 0 saturated heterocycles. The molecule has 8 nitrogen and oxygen atoms in total. The van der Waals surface area contributed by atoms with Crippen molar-refractivity contribution < 1.29 is 14.3 Å². The first-order chi connectivity index (χ1) is 14.1. The highest BCUT2D eigenvalue weighted by Crippen LogP contribution is 2.33. The summed E-state index contributed by atoms with van der Waals surface area (Å²) in [4.78, 5) is 15.9. The third-order valence-electron chi connectivity index (χ3n) is 5.11. The smallest absolute Gasteiger partial charge is 0.246 e. The number of nitrogens with zero attached hydrogens (tertiary/aromatic N) is 5. The van der Waals surface area contributed by atoms with Gasteiger partial charge in [-0.05, 0) is 41.8 Å². The van der Waals surface area contributed by atoms with E-state index in [0.29, 0.717) is 30.4 Å². The number of carbonyl (C=O) groups excluding carboxylic acids is 1. The summed E-state index contributed by atoms with van der Waals surface area (Å²) in [7, 11) is 3.23. The van der Waals surface area contributed by atoms with Gasteiger partial charge >= 0.3 is 0 Å². The molecular weight excluding hydrogens is 370 g/mol. The maximum Gasteiger partial charge on any atom is 0.246 e. The Morgan fingerprint density at radius 2 is 1.76 bits per heavy atom. The van der Waals surface area contributed by atoms with E-state index in [0.717, 1.165) is 23.1 Å². The number of hydrogen-bond acceptors (Lipinski definition) is 6. The van der Waals surface area contributed by atoms with Crippen molar-refractivity contribution in [3.63, 3.8) is 0 Å². The molecule has 0 aliphatic carbocycles. The van der Waals surface area contributed by atoms with Gasteiger partial charge in [0, 0.05) is 18.7 Å². The van der Waals surface area contributed by atoms with E-state index in [2.05, 4.69) is 15.4 Å². The molecule has 0 N–H and O–H groups in total. The Bertz CT molecular complexity index is 1030. The maximum absolute atomic E-state index is 12.8. The monoisotopic (exact) mass is 393 g/mol. The van der Waals surface area contributed by atoms with Gasteiger partial charge in [0.1, 0.15) is 6.54 Å². The highest BCUT2D eigenvalue weighted by Gasteiger charge is 2.23. The average molecular weight is 393 g/mol. The van der Waals surface area contributed by atoms with Crippen molar-refractivity contribution in [2.75, 3.05) is 20.8 Å². The van der Waals surface area contributed by atoms with Gasteiger partial charge in [-0.2, -0.15) is 4.80 Å². The van der Waals surface area contributed by atoms with E-state index in [4.69, 9.17) is 9.47 Å². The molecule has 4 rings (SSSR count). The first-order valence-electron chi connectivity index (χ1n) is 9.44. The second-order valence-corrected chi connectivity index (χ2v) is 7.05. The molecule has 29 heavy (non-hydrogen) atoms. The van der Waals surface area contributed by atoms with E-state index < -0.39 is 0 Å². The summed E-state index contributed by atoms with van der Waals surface area (Å²) in [5.74, 6) is 1.85. The van der Waals surface area contributed by atoms with Gasteiger partial charge in [-0.3, -0.25) is 4.79 Å². The minimum Gasteiger partial charge on any atom is -0.493 e. The standard InChI is InChI=1S/C21H23N5O3/c1-14-4-6-15(7-5-14)21-22-24-26(23-21)13-20(27)25-9-8-16-10-18(28-2)19(29-3)11-17(16)12-25/h4-7,10-11H,8-9,12-13H2,1-3H3. The lowest BCUT2D eigenvalue weighted by molar-refractivity contribution is -0.133. The molecule has 0 spiro atoms. The number of methoxy groups -OCH3 is 2. The molecule has 0 unspecified atom stereocenters. The van der Waals surface area contributed by atoms with Crippen LogP contribution in [-0.2, 0) is 24.3 Å². The van der Waals surface area contributed by atoms with E-state index in [-0.39, 0.29) is 12.5 Å². The summed E-state index contributed by atoms with van der Waals surface area (Å²) < 4.78 is 10.8. The zero-order chi connectivity index (χ0) is 20.4. The molecule has 0 saturated carbocycles. The number of hydrogen-bond donors (Lipinski definition) is 0. The minimum atomic E-state index is -0.0432. The van der Waals surface area contributed by atoms with Crippen molar-refractivity contribution in [2.24, 2.45) is 0 Å². The lowest BCUT2D eigenvalue weighted by Crippen LogP contribution is -2.38. The van der Waals surface area contributed by atoms with Gasteiger partial charge in [0.2, 0.25) is 11.7 Å². The Kier molecular flexibility index (Phi) is 5.16. The van der Waals surface area contributed by atoms with Crippen LogP contribution in [0.25, 0.3) is 11.4 Å². The summed E-state index contributed by atoms with van der Waals surface area (Å²) in [5.41, 5.74) is 4.28. The Labute approximate surface area is 169 Å². The first kappa shape index (κ1) is 18.9. The van der Waals surface area contributed by atoms with Crippen molar-refractivity contribution >= 4 is 5.91 Å². The van der Waals surface area contributed by atoms with Crippen LogP contribution in [0.4, 0.5) is 0 Å².